The van der Waals surface area contributed by atoms with Crippen LogP contribution >= 0.6 is 0 Å². The molecule has 1 N–H and O–H groups in total. The molecule has 0 saturated heterocycles. The van der Waals surface area contributed by atoms with Crippen molar-refractivity contribution < 1.29 is 5.11 Å². The van der Waals surface area contributed by atoms with Crippen LogP contribution in [0.2, 0.25) is 0 Å². The lowest BCUT2D eigenvalue weighted by molar-refractivity contribution is 0.476. The number of nitroso groups, excluding NO2 is 1. The van der Waals surface area contributed by atoms with Crippen molar-refractivity contribution >= 4 is 5.69 Å². The predicted octanol–water partition coefficient (Wildman–Crippen LogP) is 2.10. The number of hydrogen-bond acceptors (Lipinski definition) is 3. The standard InChI is InChI=1S/C7H7NO2/c1-5-2-3-6(8-10)7(9)4-5/h2-4,9H,1H3. The first-order valence-electron chi connectivity index (χ1n) is 2.87. The Balaban J connectivity index is 3.19. The molecular formula is C7H7NO2. The normalized spacial score (nSPS) is 9.30. The maximum absolute atomic E-state index is 9.93. The molecule has 1 rings (SSSR count). The van der Waals surface area contributed by atoms with Gasteiger partial charge in [-0.3, -0.25) is 0 Å². The Bertz CT molecular complexity index is 258. The van der Waals surface area contributed by atoms with Gasteiger partial charge in [0.25, 0.3) is 0 Å². The third kappa shape index (κ3) is 1.13. The van der Waals surface area contributed by atoms with Crippen molar-refractivity contribution in [2.45, 2.75) is 6.92 Å². The Morgan fingerprint density at radius 3 is 2.70 bits per heavy atom. The Morgan fingerprint density at radius 2 is 2.20 bits per heavy atom. The van der Waals surface area contributed by atoms with Gasteiger partial charge in [0.15, 0.2) is 0 Å². The lowest BCUT2D eigenvalue weighted by Crippen LogP contribution is -1.70. The van der Waals surface area contributed by atoms with E-state index in [0.29, 0.717) is 0 Å². The zero-order valence-electron chi connectivity index (χ0n) is 5.53. The lowest BCUT2D eigenvalue weighted by Gasteiger charge is -1.94. The van der Waals surface area contributed by atoms with E-state index in [0.717, 1.165) is 5.56 Å². The van der Waals surface area contributed by atoms with Crippen molar-refractivity contribution in [1.82, 2.24) is 0 Å². The molecule has 0 aliphatic rings. The fourth-order valence-electron chi connectivity index (χ4n) is 0.711. The van der Waals surface area contributed by atoms with E-state index in [2.05, 4.69) is 5.18 Å². The minimum atomic E-state index is -0.0602. The fraction of sp³-hybridized carbons (Fsp3) is 0.143. The summed E-state index contributed by atoms with van der Waals surface area (Å²) in [5.41, 5.74) is 0.996. The fourth-order valence-corrected chi connectivity index (χ4v) is 0.711. The molecule has 0 saturated carbocycles. The number of benzene rings is 1. The van der Waals surface area contributed by atoms with Crippen LogP contribution < -0.4 is 0 Å². The lowest BCUT2D eigenvalue weighted by atomic mass is 10.2. The van der Waals surface area contributed by atoms with E-state index in [-0.39, 0.29) is 11.4 Å². The molecule has 3 heteroatoms. The van der Waals surface area contributed by atoms with Crippen LogP contribution in [0.1, 0.15) is 5.56 Å². The predicted molar refractivity (Wildman–Crippen MR) is 38.3 cm³/mol. The Hall–Kier alpha value is -1.38. The van der Waals surface area contributed by atoms with E-state index in [9.17, 15) is 4.91 Å². The third-order valence-electron chi connectivity index (χ3n) is 1.23. The Morgan fingerprint density at radius 1 is 1.50 bits per heavy atom. The highest BCUT2D eigenvalue weighted by Crippen LogP contribution is 2.25. The second-order valence-corrected chi connectivity index (χ2v) is 2.08. The molecule has 0 heterocycles. The Labute approximate surface area is 58.3 Å². The minimum absolute atomic E-state index is 0.0602. The van der Waals surface area contributed by atoms with Gasteiger partial charge in [0.1, 0.15) is 11.4 Å². The number of nitrogens with zero attached hydrogens (tertiary/aromatic N) is 1. The third-order valence-corrected chi connectivity index (χ3v) is 1.23. The van der Waals surface area contributed by atoms with Crippen LogP contribution in [-0.4, -0.2) is 5.11 Å². The van der Waals surface area contributed by atoms with Gasteiger partial charge in [-0.25, -0.2) is 0 Å². The molecule has 10 heavy (non-hydrogen) atoms. The summed E-state index contributed by atoms with van der Waals surface area (Å²) < 4.78 is 0. The van der Waals surface area contributed by atoms with E-state index in [4.69, 9.17) is 5.11 Å². The van der Waals surface area contributed by atoms with Crippen molar-refractivity contribution in [3.8, 4) is 5.75 Å². The highest BCUT2D eigenvalue weighted by Gasteiger charge is 1.98. The second kappa shape index (κ2) is 2.47. The molecular weight excluding hydrogens is 130 g/mol. The molecule has 0 amide bonds. The van der Waals surface area contributed by atoms with Crippen LogP contribution in [0.5, 0.6) is 5.75 Å². The van der Waals surface area contributed by atoms with Crippen LogP contribution in [0.15, 0.2) is 23.4 Å². The van der Waals surface area contributed by atoms with E-state index in [1.165, 1.54) is 12.1 Å². The molecule has 1 aromatic rings. The molecule has 0 unspecified atom stereocenters. The molecule has 1 aromatic carbocycles. The van der Waals surface area contributed by atoms with Crippen LogP contribution in [0.25, 0.3) is 0 Å². The topological polar surface area (TPSA) is 49.7 Å². The average Bonchev–Trinajstić information content (AvgIpc) is 1.88. The van der Waals surface area contributed by atoms with E-state index in [1.54, 1.807) is 6.07 Å². The van der Waals surface area contributed by atoms with E-state index < -0.39 is 0 Å². The SMILES string of the molecule is Cc1ccc(N=O)c(O)c1. The van der Waals surface area contributed by atoms with Gasteiger partial charge in [-0.1, -0.05) is 6.07 Å². The second-order valence-electron chi connectivity index (χ2n) is 2.08. The number of aromatic hydroxyl groups is 1. The summed E-state index contributed by atoms with van der Waals surface area (Å²) in [5.74, 6) is -0.0602. The number of phenols is 1. The molecule has 52 valence electrons. The van der Waals surface area contributed by atoms with Crippen molar-refractivity contribution in [2.24, 2.45) is 5.18 Å². The van der Waals surface area contributed by atoms with Crippen molar-refractivity contribution in [3.63, 3.8) is 0 Å². The van der Waals surface area contributed by atoms with Gasteiger partial charge in [0.05, 0.1) is 0 Å². The summed E-state index contributed by atoms with van der Waals surface area (Å²) in [6.07, 6.45) is 0. The average molecular weight is 137 g/mol. The van der Waals surface area contributed by atoms with Crippen molar-refractivity contribution in [1.29, 1.82) is 0 Å². The van der Waals surface area contributed by atoms with Crippen LogP contribution in [0.4, 0.5) is 5.69 Å². The van der Waals surface area contributed by atoms with E-state index in [1.807, 2.05) is 6.92 Å². The maximum Gasteiger partial charge on any atom is 0.149 e. The zero-order valence-corrected chi connectivity index (χ0v) is 5.53. The van der Waals surface area contributed by atoms with Crippen LogP contribution in [0, 0.1) is 11.8 Å². The summed E-state index contributed by atoms with van der Waals surface area (Å²) in [7, 11) is 0. The van der Waals surface area contributed by atoms with Gasteiger partial charge in [0, 0.05) is 0 Å². The van der Waals surface area contributed by atoms with Gasteiger partial charge < -0.3 is 5.11 Å². The molecule has 0 aliphatic heterocycles. The first-order valence-corrected chi connectivity index (χ1v) is 2.87. The molecule has 0 fully saturated rings. The van der Waals surface area contributed by atoms with Crippen LogP contribution in [-0.2, 0) is 0 Å². The smallest absolute Gasteiger partial charge is 0.149 e. The van der Waals surface area contributed by atoms with Crippen molar-refractivity contribution in [3.05, 3.63) is 28.7 Å². The first-order chi connectivity index (χ1) is 4.74. The molecule has 0 aliphatic carbocycles. The summed E-state index contributed by atoms with van der Waals surface area (Å²) in [6, 6.07) is 4.70. The van der Waals surface area contributed by atoms with Crippen molar-refractivity contribution in [2.75, 3.05) is 0 Å². The molecule has 0 aromatic heterocycles. The first kappa shape index (κ1) is 6.74. The van der Waals surface area contributed by atoms with Gasteiger partial charge in [0.2, 0.25) is 0 Å². The highest BCUT2D eigenvalue weighted by atomic mass is 16.3. The minimum Gasteiger partial charge on any atom is -0.506 e. The zero-order chi connectivity index (χ0) is 7.56. The summed E-state index contributed by atoms with van der Waals surface area (Å²) in [6.45, 7) is 1.83. The van der Waals surface area contributed by atoms with Gasteiger partial charge in [-0.2, -0.15) is 0 Å². The van der Waals surface area contributed by atoms with Gasteiger partial charge in [-0.05, 0) is 29.8 Å². The van der Waals surface area contributed by atoms with Crippen LogP contribution in [0.3, 0.4) is 0 Å². The molecule has 3 nitrogen and oxygen atoms in total. The van der Waals surface area contributed by atoms with E-state index >= 15 is 0 Å². The number of phenolic OH excluding ortho intramolecular Hbond substituents is 1. The largest absolute Gasteiger partial charge is 0.506 e. The summed E-state index contributed by atoms with van der Waals surface area (Å²) >= 11 is 0. The Kier molecular flexibility index (Phi) is 1.67. The number of rotatable bonds is 1. The molecule has 0 radical (unpaired) electrons. The molecule has 0 bridgehead atoms. The summed E-state index contributed by atoms with van der Waals surface area (Å²) in [4.78, 5) is 9.93. The highest BCUT2D eigenvalue weighted by molar-refractivity contribution is 5.51. The number of hydrogen-bond donors (Lipinski definition) is 1. The van der Waals surface area contributed by atoms with Gasteiger partial charge >= 0.3 is 0 Å². The van der Waals surface area contributed by atoms with Gasteiger partial charge in [-0.15, -0.1) is 4.91 Å². The molecule has 0 spiro atoms. The molecule has 0 atom stereocenters. The monoisotopic (exact) mass is 137 g/mol. The maximum atomic E-state index is 9.93. The quantitative estimate of drug-likeness (QED) is 0.602. The number of aryl methyl sites for hydroxylation is 1. The summed E-state index contributed by atoms with van der Waals surface area (Å²) in [5, 5.41) is 11.6.